The molecule has 2 aromatic heterocycles. The van der Waals surface area contributed by atoms with Crippen LogP contribution in [-0.4, -0.2) is 9.13 Å². The van der Waals surface area contributed by atoms with Crippen molar-refractivity contribution in [3.8, 4) is 84.2 Å². The minimum Gasteiger partial charge on any atom is -0.309 e. The molecule has 0 saturated heterocycles. The Labute approximate surface area is 495 Å². The first-order valence-corrected chi connectivity index (χ1v) is 28.6. The minimum atomic E-state index is -5.16. The van der Waals surface area contributed by atoms with Crippen molar-refractivity contribution in [1.82, 2.24) is 9.13 Å². The molecule has 0 N–H and O–H groups in total. The van der Waals surface area contributed by atoms with Crippen molar-refractivity contribution in [3.63, 3.8) is 0 Å². The molecule has 422 valence electrons. The number of hydrogen-bond donors (Lipinski definition) is 0. The van der Waals surface area contributed by atoms with E-state index in [9.17, 15) is 5.26 Å². The van der Waals surface area contributed by atoms with E-state index in [-0.39, 0.29) is 11.1 Å². The number of halogens is 6. The normalized spacial score (nSPS) is 12.1. The maximum Gasteiger partial charge on any atom is 0.417 e. The zero-order valence-corrected chi connectivity index (χ0v) is 48.7. The lowest BCUT2D eigenvalue weighted by atomic mass is 9.89. The van der Waals surface area contributed by atoms with Crippen molar-refractivity contribution in [3.05, 3.63) is 261 Å². The van der Waals surface area contributed by atoms with Crippen LogP contribution in [-0.2, 0) is 12.4 Å². The Morgan fingerprint density at radius 2 is 0.628 bits per heavy atom. The number of aromatic nitrogens is 2. The van der Waals surface area contributed by atoms with Gasteiger partial charge in [0.1, 0.15) is 0 Å². The van der Waals surface area contributed by atoms with E-state index in [4.69, 9.17) is 0 Å². The quantitative estimate of drug-likeness (QED) is 0.140. The van der Waals surface area contributed by atoms with Crippen LogP contribution < -0.4 is 0 Å². The number of rotatable bonds is 8. The van der Waals surface area contributed by atoms with E-state index in [1.165, 1.54) is 12.1 Å². The molecule has 3 nitrogen and oxygen atoms in total. The van der Waals surface area contributed by atoms with Gasteiger partial charge in [0.05, 0.1) is 56.2 Å². The van der Waals surface area contributed by atoms with Crippen LogP contribution in [0.3, 0.4) is 0 Å². The maximum absolute atomic E-state index is 15.4. The first-order chi connectivity index (χ1) is 41.1. The molecule has 86 heavy (non-hydrogen) atoms. The third-order valence-corrected chi connectivity index (χ3v) is 17.2. The molecule has 0 saturated carbocycles. The number of nitrogens with zero attached hydrogens (tertiary/aromatic N) is 3. The minimum absolute atomic E-state index is 0.236. The van der Waals surface area contributed by atoms with Gasteiger partial charge in [-0.1, -0.05) is 131 Å². The Kier molecular flexibility index (Phi) is 13.3. The average Bonchev–Trinajstić information content (AvgIpc) is 1.56. The average molecular weight is 1140 g/mol. The summed E-state index contributed by atoms with van der Waals surface area (Å²) in [6.07, 6.45) is -10.3. The summed E-state index contributed by atoms with van der Waals surface area (Å²) in [5.74, 6) is 0. The number of fused-ring (bicyclic) bond motifs is 6. The standard InChI is InChI=1S/C77H57F6N3/c1-43-12-22-57(47(5)32-43)52-17-27-70-62(37-52)63-38-53(58-23-13-44(2)33-48(58)6)18-28-71(63)85(70)69-26-16-51(42-84)36-61(69)66-41-56(75-67(76(78,79)80)10-9-11-68(75)77(81,82)83)21-31-74(66)86-72-29-19-54(59-24-14-45(3)34-49(59)7)39-64(72)65-40-55(20-30-73(65)86)60-25-15-46(4)35-50(60)8/h9-41H,1-8H3. The smallest absolute Gasteiger partial charge is 0.309 e. The zero-order chi connectivity index (χ0) is 60.2. The molecular formula is C77H57F6N3. The lowest BCUT2D eigenvalue weighted by Gasteiger charge is -2.22. The second-order valence-corrected chi connectivity index (χ2v) is 23.2. The Morgan fingerprint density at radius 3 is 0.942 bits per heavy atom. The monoisotopic (exact) mass is 1140 g/mol. The van der Waals surface area contributed by atoms with E-state index in [1.54, 1.807) is 18.2 Å². The molecule has 13 rings (SSSR count). The van der Waals surface area contributed by atoms with Gasteiger partial charge in [-0.2, -0.15) is 31.6 Å². The molecule has 2 heterocycles. The summed E-state index contributed by atoms with van der Waals surface area (Å²) in [6, 6.07) is 64.9. The Hall–Kier alpha value is -9.91. The molecule has 0 fully saturated rings. The van der Waals surface area contributed by atoms with Crippen LogP contribution in [0.15, 0.2) is 200 Å². The SMILES string of the molecule is Cc1ccc(-c2ccc3c(c2)c2cc(-c4ccc(C)cc4C)ccc2n3-c2ccc(C#N)cc2-c2cc(-c3c(C(F)(F)F)cccc3C(F)(F)F)ccc2-n2c3ccc(-c4ccc(C)cc4C)cc3c3cc(-c4ccc(C)cc4C)ccc32)c(C)c1. The highest BCUT2D eigenvalue weighted by molar-refractivity contribution is 6.14. The van der Waals surface area contributed by atoms with Crippen molar-refractivity contribution >= 4 is 43.6 Å². The number of alkyl halides is 6. The van der Waals surface area contributed by atoms with Gasteiger partial charge in [-0.25, -0.2) is 0 Å². The number of nitriles is 1. The van der Waals surface area contributed by atoms with E-state index in [0.717, 1.165) is 139 Å². The lowest BCUT2D eigenvalue weighted by Crippen LogP contribution is -2.14. The maximum atomic E-state index is 15.4. The molecule has 0 atom stereocenters. The molecule has 11 aromatic carbocycles. The molecule has 0 radical (unpaired) electrons. The molecule has 0 unspecified atom stereocenters. The summed E-state index contributed by atoms with van der Waals surface area (Å²) >= 11 is 0. The van der Waals surface area contributed by atoms with Crippen molar-refractivity contribution in [1.29, 1.82) is 5.26 Å². The van der Waals surface area contributed by atoms with Gasteiger partial charge in [0, 0.05) is 38.2 Å². The highest BCUT2D eigenvalue weighted by Crippen LogP contribution is 2.49. The van der Waals surface area contributed by atoms with Gasteiger partial charge in [-0.05, 0) is 219 Å². The molecular weight excluding hydrogens is 1080 g/mol. The molecule has 13 aromatic rings. The van der Waals surface area contributed by atoms with Crippen molar-refractivity contribution in [2.75, 3.05) is 0 Å². The Balaban J connectivity index is 1.15. The first kappa shape index (κ1) is 55.3. The fraction of sp³-hybridized carbons (Fsp3) is 0.130. The molecule has 0 spiro atoms. The van der Waals surface area contributed by atoms with Gasteiger partial charge in [0.25, 0.3) is 0 Å². The van der Waals surface area contributed by atoms with Crippen LogP contribution >= 0.6 is 0 Å². The third kappa shape index (κ3) is 9.50. The van der Waals surface area contributed by atoms with E-state index >= 15 is 26.3 Å². The van der Waals surface area contributed by atoms with E-state index in [2.05, 4.69) is 204 Å². The molecule has 0 aliphatic carbocycles. The summed E-state index contributed by atoms with van der Waals surface area (Å²) in [4.78, 5) is 0. The van der Waals surface area contributed by atoms with Crippen molar-refractivity contribution in [2.24, 2.45) is 0 Å². The van der Waals surface area contributed by atoms with Crippen LogP contribution in [0.25, 0.3) is 122 Å². The summed E-state index contributed by atoms with van der Waals surface area (Å²) in [6.45, 7) is 16.6. The van der Waals surface area contributed by atoms with Gasteiger partial charge in [-0.3, -0.25) is 0 Å². The van der Waals surface area contributed by atoms with Crippen LogP contribution in [0.1, 0.15) is 61.2 Å². The molecule has 0 aliphatic heterocycles. The van der Waals surface area contributed by atoms with E-state index in [0.29, 0.717) is 34.6 Å². The second kappa shape index (κ2) is 20.7. The summed E-state index contributed by atoms with van der Waals surface area (Å²) < 4.78 is 96.4. The van der Waals surface area contributed by atoms with Crippen molar-refractivity contribution < 1.29 is 26.3 Å². The van der Waals surface area contributed by atoms with Crippen LogP contribution in [0.5, 0.6) is 0 Å². The molecule has 0 amide bonds. The van der Waals surface area contributed by atoms with E-state index in [1.807, 2.05) is 18.2 Å². The summed E-state index contributed by atoms with van der Waals surface area (Å²) in [5.41, 5.74) is 18.0. The van der Waals surface area contributed by atoms with Crippen LogP contribution in [0.4, 0.5) is 26.3 Å². The highest BCUT2D eigenvalue weighted by Gasteiger charge is 2.41. The molecule has 9 heteroatoms. The van der Waals surface area contributed by atoms with Gasteiger partial charge in [0.15, 0.2) is 0 Å². The summed E-state index contributed by atoms with van der Waals surface area (Å²) in [5, 5.41) is 14.5. The predicted molar refractivity (Wildman–Crippen MR) is 340 cm³/mol. The lowest BCUT2D eigenvalue weighted by molar-refractivity contribution is -0.142. The highest BCUT2D eigenvalue weighted by atomic mass is 19.4. The van der Waals surface area contributed by atoms with E-state index < -0.39 is 29.0 Å². The predicted octanol–water partition coefficient (Wildman–Crippen LogP) is 22.3. The Bertz CT molecular complexity index is 4770. The van der Waals surface area contributed by atoms with Gasteiger partial charge in [0.2, 0.25) is 0 Å². The first-order valence-electron chi connectivity index (χ1n) is 28.6. The van der Waals surface area contributed by atoms with Crippen LogP contribution in [0.2, 0.25) is 0 Å². The Morgan fingerprint density at radius 1 is 0.314 bits per heavy atom. The number of benzene rings is 11. The number of aryl methyl sites for hydroxylation is 8. The topological polar surface area (TPSA) is 33.6 Å². The fourth-order valence-electron chi connectivity index (χ4n) is 13.2. The largest absolute Gasteiger partial charge is 0.417 e. The molecule has 0 bridgehead atoms. The molecule has 0 aliphatic rings. The van der Waals surface area contributed by atoms with Gasteiger partial charge < -0.3 is 9.13 Å². The van der Waals surface area contributed by atoms with Crippen LogP contribution in [0, 0.1) is 66.7 Å². The zero-order valence-electron chi connectivity index (χ0n) is 48.7. The third-order valence-electron chi connectivity index (χ3n) is 17.2. The summed E-state index contributed by atoms with van der Waals surface area (Å²) in [7, 11) is 0. The fourth-order valence-corrected chi connectivity index (χ4v) is 13.2. The van der Waals surface area contributed by atoms with Gasteiger partial charge in [-0.15, -0.1) is 0 Å². The van der Waals surface area contributed by atoms with Crippen molar-refractivity contribution in [2.45, 2.75) is 67.7 Å². The van der Waals surface area contributed by atoms with Gasteiger partial charge >= 0.3 is 12.4 Å². The second-order valence-electron chi connectivity index (χ2n) is 23.2. The number of hydrogen-bond acceptors (Lipinski definition) is 1.